The van der Waals surface area contributed by atoms with Crippen LogP contribution in [0.15, 0.2) is 77.0 Å². The molecule has 2 N–H and O–H groups in total. The van der Waals surface area contributed by atoms with E-state index in [-0.39, 0.29) is 17.5 Å². The van der Waals surface area contributed by atoms with Crippen LogP contribution >= 0.6 is 0 Å². The van der Waals surface area contributed by atoms with Crippen LogP contribution in [0.5, 0.6) is 5.75 Å². The molecule has 0 spiro atoms. The maximum absolute atomic E-state index is 12.8. The second-order valence-corrected chi connectivity index (χ2v) is 7.30. The minimum absolute atomic E-state index is 0.126. The Balaban J connectivity index is 1.62. The van der Waals surface area contributed by atoms with Crippen LogP contribution in [0.25, 0.3) is 6.08 Å². The van der Waals surface area contributed by atoms with Crippen molar-refractivity contribution in [2.24, 2.45) is 0 Å². The number of benzene rings is 2. The average Bonchev–Trinajstić information content (AvgIpc) is 3.30. The fourth-order valence-electron chi connectivity index (χ4n) is 3.24. The Morgan fingerprint density at radius 1 is 1.06 bits per heavy atom. The zero-order valence-electron chi connectivity index (χ0n) is 18.4. The Kier molecular flexibility index (Phi) is 8.26. The number of aryl methyl sites for hydroxylation is 2. The summed E-state index contributed by atoms with van der Waals surface area (Å²) < 4.78 is 11.0. The lowest BCUT2D eigenvalue weighted by atomic mass is 10.1. The molecule has 2 amide bonds. The summed E-state index contributed by atoms with van der Waals surface area (Å²) in [5, 5.41) is 5.59. The lowest BCUT2D eigenvalue weighted by molar-refractivity contribution is -0.117. The van der Waals surface area contributed by atoms with Gasteiger partial charge < -0.3 is 19.8 Å². The van der Waals surface area contributed by atoms with E-state index in [2.05, 4.69) is 10.6 Å². The average molecular weight is 433 g/mol. The number of ether oxygens (including phenoxy) is 1. The van der Waals surface area contributed by atoms with Crippen LogP contribution in [0.2, 0.25) is 0 Å². The number of hydrogen-bond acceptors (Lipinski definition) is 4. The van der Waals surface area contributed by atoms with Gasteiger partial charge >= 0.3 is 0 Å². The minimum atomic E-state index is -0.375. The molecule has 6 heteroatoms. The van der Waals surface area contributed by atoms with E-state index in [4.69, 9.17) is 9.15 Å². The first kappa shape index (κ1) is 22.9. The van der Waals surface area contributed by atoms with Crippen LogP contribution in [0, 0.1) is 6.92 Å². The van der Waals surface area contributed by atoms with Crippen LogP contribution in [0.1, 0.15) is 40.6 Å². The van der Waals surface area contributed by atoms with Gasteiger partial charge in [0.25, 0.3) is 11.8 Å². The monoisotopic (exact) mass is 432 g/mol. The molecule has 0 saturated carbocycles. The molecule has 3 rings (SSSR count). The third-order valence-corrected chi connectivity index (χ3v) is 4.78. The molecule has 0 aliphatic rings. The summed E-state index contributed by atoms with van der Waals surface area (Å²) >= 11 is 0. The number of amides is 2. The Bertz CT molecular complexity index is 1070. The number of rotatable bonds is 10. The zero-order valence-corrected chi connectivity index (χ0v) is 18.4. The van der Waals surface area contributed by atoms with Crippen LogP contribution in [-0.4, -0.2) is 25.0 Å². The summed E-state index contributed by atoms with van der Waals surface area (Å²) in [6.07, 6.45) is 4.53. The van der Waals surface area contributed by atoms with Gasteiger partial charge in [-0.2, -0.15) is 0 Å². The molecule has 0 atom stereocenters. The molecule has 0 radical (unpaired) electrons. The van der Waals surface area contributed by atoms with Gasteiger partial charge in [0.2, 0.25) is 0 Å². The molecule has 0 bridgehead atoms. The summed E-state index contributed by atoms with van der Waals surface area (Å²) in [5.74, 6) is 0.614. The van der Waals surface area contributed by atoms with E-state index in [1.807, 2.05) is 44.2 Å². The maximum Gasteiger partial charge on any atom is 0.267 e. The van der Waals surface area contributed by atoms with E-state index in [9.17, 15) is 9.59 Å². The Morgan fingerprint density at radius 2 is 1.91 bits per heavy atom. The lowest BCUT2D eigenvalue weighted by Gasteiger charge is -2.12. The van der Waals surface area contributed by atoms with Crippen molar-refractivity contribution >= 4 is 17.9 Å². The van der Waals surface area contributed by atoms with Crippen molar-refractivity contribution in [2.75, 3.05) is 13.2 Å². The molecule has 32 heavy (non-hydrogen) atoms. The van der Waals surface area contributed by atoms with E-state index in [0.29, 0.717) is 24.5 Å². The molecule has 0 aliphatic carbocycles. The smallest absolute Gasteiger partial charge is 0.267 e. The molecular formula is C26H28N2O4. The SMILES string of the molecule is CCOc1ccccc1CCCNC(=O)/C(=C/c1ccco1)NC(=O)c1cccc(C)c1. The molecule has 3 aromatic rings. The van der Waals surface area contributed by atoms with E-state index in [1.54, 1.807) is 30.3 Å². The van der Waals surface area contributed by atoms with Gasteiger partial charge in [0.05, 0.1) is 12.9 Å². The number of carbonyl (C=O) groups excluding carboxylic acids is 2. The molecule has 1 aromatic heterocycles. The van der Waals surface area contributed by atoms with Gasteiger partial charge in [-0.25, -0.2) is 0 Å². The highest BCUT2D eigenvalue weighted by Gasteiger charge is 2.15. The lowest BCUT2D eigenvalue weighted by Crippen LogP contribution is -2.35. The van der Waals surface area contributed by atoms with Crippen LogP contribution in [-0.2, 0) is 11.2 Å². The van der Waals surface area contributed by atoms with Crippen LogP contribution in [0.3, 0.4) is 0 Å². The van der Waals surface area contributed by atoms with Gasteiger partial charge in [0, 0.05) is 18.2 Å². The summed E-state index contributed by atoms with van der Waals surface area (Å²) in [6, 6.07) is 18.5. The highest BCUT2D eigenvalue weighted by Crippen LogP contribution is 2.19. The van der Waals surface area contributed by atoms with Crippen molar-refractivity contribution in [3.8, 4) is 5.75 Å². The van der Waals surface area contributed by atoms with Gasteiger partial charge in [0.1, 0.15) is 17.2 Å². The molecule has 166 valence electrons. The van der Waals surface area contributed by atoms with Gasteiger partial charge in [0.15, 0.2) is 0 Å². The van der Waals surface area contributed by atoms with Crippen molar-refractivity contribution in [1.29, 1.82) is 0 Å². The van der Waals surface area contributed by atoms with E-state index < -0.39 is 0 Å². The van der Waals surface area contributed by atoms with Gasteiger partial charge in [-0.3, -0.25) is 9.59 Å². The van der Waals surface area contributed by atoms with Gasteiger partial charge in [-0.1, -0.05) is 35.9 Å². The topological polar surface area (TPSA) is 80.6 Å². The molecule has 6 nitrogen and oxygen atoms in total. The molecule has 0 saturated heterocycles. The van der Waals surface area contributed by atoms with E-state index in [0.717, 1.165) is 29.7 Å². The normalized spacial score (nSPS) is 11.1. The first-order valence-corrected chi connectivity index (χ1v) is 10.7. The number of para-hydroxylation sites is 1. The Morgan fingerprint density at radius 3 is 2.66 bits per heavy atom. The molecule has 0 unspecified atom stereocenters. The van der Waals surface area contributed by atoms with Crippen LogP contribution < -0.4 is 15.4 Å². The Hall–Kier alpha value is -3.80. The standard InChI is InChI=1S/C26H28N2O4/c1-3-31-24-14-5-4-10-20(24)12-7-15-27-26(30)23(18-22-13-8-16-32-22)28-25(29)21-11-6-9-19(2)17-21/h4-6,8-11,13-14,16-18H,3,7,12,15H2,1-2H3,(H,27,30)(H,28,29)/b23-18-. The quantitative estimate of drug-likeness (QED) is 0.365. The third kappa shape index (κ3) is 6.60. The van der Waals surface area contributed by atoms with E-state index in [1.165, 1.54) is 12.3 Å². The summed E-state index contributed by atoms with van der Waals surface area (Å²) in [7, 11) is 0. The predicted octanol–water partition coefficient (Wildman–Crippen LogP) is 4.51. The van der Waals surface area contributed by atoms with Crippen molar-refractivity contribution in [3.05, 3.63) is 95.1 Å². The third-order valence-electron chi connectivity index (χ3n) is 4.78. The first-order valence-electron chi connectivity index (χ1n) is 10.7. The minimum Gasteiger partial charge on any atom is -0.494 e. The molecule has 1 heterocycles. The fraction of sp³-hybridized carbons (Fsp3) is 0.231. The second kappa shape index (κ2) is 11.6. The molecule has 0 aliphatic heterocycles. The highest BCUT2D eigenvalue weighted by atomic mass is 16.5. The molecule has 2 aromatic carbocycles. The Labute approximate surface area is 188 Å². The summed E-state index contributed by atoms with van der Waals surface area (Å²) in [4.78, 5) is 25.5. The number of nitrogens with one attached hydrogen (secondary N) is 2. The second-order valence-electron chi connectivity index (χ2n) is 7.30. The largest absolute Gasteiger partial charge is 0.494 e. The summed E-state index contributed by atoms with van der Waals surface area (Å²) in [6.45, 7) is 4.92. The highest BCUT2D eigenvalue weighted by molar-refractivity contribution is 6.05. The number of hydrogen-bond donors (Lipinski definition) is 2. The maximum atomic E-state index is 12.8. The predicted molar refractivity (Wildman–Crippen MR) is 124 cm³/mol. The van der Waals surface area contributed by atoms with Crippen molar-refractivity contribution in [1.82, 2.24) is 10.6 Å². The number of carbonyl (C=O) groups is 2. The summed E-state index contributed by atoms with van der Waals surface area (Å²) in [5.41, 5.74) is 2.67. The van der Waals surface area contributed by atoms with E-state index >= 15 is 0 Å². The van der Waals surface area contributed by atoms with Gasteiger partial charge in [-0.15, -0.1) is 0 Å². The van der Waals surface area contributed by atoms with Crippen LogP contribution in [0.4, 0.5) is 0 Å². The number of furan rings is 1. The van der Waals surface area contributed by atoms with Crippen molar-refractivity contribution in [3.63, 3.8) is 0 Å². The van der Waals surface area contributed by atoms with Crippen molar-refractivity contribution in [2.45, 2.75) is 26.7 Å². The van der Waals surface area contributed by atoms with Crippen molar-refractivity contribution < 1.29 is 18.7 Å². The fourth-order valence-corrected chi connectivity index (χ4v) is 3.24. The molecular weight excluding hydrogens is 404 g/mol. The first-order chi connectivity index (χ1) is 15.6. The zero-order chi connectivity index (χ0) is 22.8. The van der Waals surface area contributed by atoms with Gasteiger partial charge in [-0.05, 0) is 62.6 Å². The molecule has 0 fully saturated rings.